The third kappa shape index (κ3) is 11.9. The molecule has 170 valence electrons. The lowest BCUT2D eigenvalue weighted by molar-refractivity contribution is -0.158. The number of alkyl halides is 1. The first-order chi connectivity index (χ1) is 14.3. The largest absolute Gasteiger partial charge is 0.468 e. The van der Waals surface area contributed by atoms with Crippen LogP contribution in [0.4, 0.5) is 0 Å². The summed E-state index contributed by atoms with van der Waals surface area (Å²) in [6, 6.07) is 0. The maximum atomic E-state index is 11.7. The molecule has 2 atom stereocenters. The van der Waals surface area contributed by atoms with Gasteiger partial charge in [-0.05, 0) is 32.3 Å². The summed E-state index contributed by atoms with van der Waals surface area (Å²) in [6.07, 6.45) is 10.3. The van der Waals surface area contributed by atoms with Crippen LogP contribution in [0.15, 0.2) is 36.0 Å². The van der Waals surface area contributed by atoms with E-state index in [0.29, 0.717) is 12.8 Å². The Morgan fingerprint density at radius 3 is 2.20 bits per heavy atom. The molecule has 0 bridgehead atoms. The van der Waals surface area contributed by atoms with Gasteiger partial charge in [0, 0.05) is 13.0 Å². The average molecular weight is 445 g/mol. The molecule has 0 aromatic carbocycles. The van der Waals surface area contributed by atoms with Gasteiger partial charge in [-0.2, -0.15) is 0 Å². The van der Waals surface area contributed by atoms with Gasteiger partial charge < -0.3 is 18.9 Å². The Hall–Kier alpha value is -1.96. The Labute approximate surface area is 184 Å². The van der Waals surface area contributed by atoms with Gasteiger partial charge in [-0.1, -0.05) is 36.8 Å². The minimum absolute atomic E-state index is 0.0285. The van der Waals surface area contributed by atoms with Crippen molar-refractivity contribution in [1.82, 2.24) is 0 Å². The molecule has 0 radical (unpaired) electrons. The SMILES string of the molecule is COCO[C@H](CC/C(C)=C\C(=O)CCl)[C@H](C)/C=C/C=C\CC(C(=O)OC)C(=O)OC. The summed E-state index contributed by atoms with van der Waals surface area (Å²) in [7, 11) is 4.02. The van der Waals surface area contributed by atoms with Gasteiger partial charge in [-0.3, -0.25) is 14.4 Å². The van der Waals surface area contributed by atoms with Crippen molar-refractivity contribution < 1.29 is 33.3 Å². The van der Waals surface area contributed by atoms with Gasteiger partial charge in [-0.15, -0.1) is 11.6 Å². The molecule has 0 aliphatic carbocycles. The number of hydrogen-bond donors (Lipinski definition) is 0. The first-order valence-electron chi connectivity index (χ1n) is 9.66. The van der Waals surface area contributed by atoms with Crippen molar-refractivity contribution in [2.75, 3.05) is 34.0 Å². The minimum atomic E-state index is -0.981. The van der Waals surface area contributed by atoms with Crippen LogP contribution >= 0.6 is 11.6 Å². The molecule has 0 unspecified atom stereocenters. The summed E-state index contributed by atoms with van der Waals surface area (Å²) >= 11 is 5.53. The molecule has 0 aliphatic heterocycles. The topological polar surface area (TPSA) is 88.1 Å². The second kappa shape index (κ2) is 16.8. The maximum Gasteiger partial charge on any atom is 0.320 e. The van der Waals surface area contributed by atoms with Crippen molar-refractivity contribution in [1.29, 1.82) is 0 Å². The highest BCUT2D eigenvalue weighted by Crippen LogP contribution is 2.18. The Bertz CT molecular complexity index is 609. The van der Waals surface area contributed by atoms with Crippen LogP contribution in [0.25, 0.3) is 0 Å². The molecule has 0 aromatic rings. The second-order valence-corrected chi connectivity index (χ2v) is 7.01. The van der Waals surface area contributed by atoms with Crippen LogP contribution in [-0.2, 0) is 33.3 Å². The quantitative estimate of drug-likeness (QED) is 0.0951. The van der Waals surface area contributed by atoms with E-state index >= 15 is 0 Å². The third-order valence-electron chi connectivity index (χ3n) is 4.35. The van der Waals surface area contributed by atoms with Gasteiger partial charge in [0.05, 0.1) is 26.2 Å². The zero-order chi connectivity index (χ0) is 22.9. The molecule has 0 aromatic heterocycles. The van der Waals surface area contributed by atoms with Crippen LogP contribution < -0.4 is 0 Å². The lowest BCUT2D eigenvalue weighted by Gasteiger charge is -2.22. The van der Waals surface area contributed by atoms with Crippen LogP contribution in [0, 0.1) is 11.8 Å². The van der Waals surface area contributed by atoms with Crippen LogP contribution in [0.1, 0.15) is 33.1 Å². The Morgan fingerprint density at radius 1 is 1.03 bits per heavy atom. The Morgan fingerprint density at radius 2 is 1.67 bits per heavy atom. The molecule has 0 spiro atoms. The Kier molecular flexibility index (Phi) is 15.7. The van der Waals surface area contributed by atoms with E-state index in [1.807, 2.05) is 26.0 Å². The van der Waals surface area contributed by atoms with Gasteiger partial charge in [0.15, 0.2) is 11.7 Å². The number of hydrogen-bond acceptors (Lipinski definition) is 7. The molecular formula is C22H33ClO7. The van der Waals surface area contributed by atoms with Crippen LogP contribution in [0.3, 0.4) is 0 Å². The van der Waals surface area contributed by atoms with Crippen LogP contribution in [0.2, 0.25) is 0 Å². The van der Waals surface area contributed by atoms with Gasteiger partial charge in [0.2, 0.25) is 0 Å². The summed E-state index contributed by atoms with van der Waals surface area (Å²) in [6.45, 7) is 4.07. The molecule has 0 heterocycles. The first kappa shape index (κ1) is 28.0. The van der Waals surface area contributed by atoms with Gasteiger partial charge in [-0.25, -0.2) is 0 Å². The predicted octanol–water partition coefficient (Wildman–Crippen LogP) is 3.61. The summed E-state index contributed by atoms with van der Waals surface area (Å²) < 4.78 is 20.0. The molecule has 30 heavy (non-hydrogen) atoms. The Balaban J connectivity index is 4.86. The van der Waals surface area contributed by atoms with Crippen molar-refractivity contribution in [3.63, 3.8) is 0 Å². The molecule has 0 saturated heterocycles. The van der Waals surface area contributed by atoms with Crippen LogP contribution in [-0.4, -0.2) is 57.8 Å². The highest BCUT2D eigenvalue weighted by Gasteiger charge is 2.27. The van der Waals surface area contributed by atoms with E-state index in [9.17, 15) is 14.4 Å². The number of carbonyl (C=O) groups excluding carboxylic acids is 3. The number of allylic oxidation sites excluding steroid dienone is 5. The average Bonchev–Trinajstić information content (AvgIpc) is 2.74. The smallest absolute Gasteiger partial charge is 0.320 e. The number of methoxy groups -OCH3 is 3. The summed E-state index contributed by atoms with van der Waals surface area (Å²) in [5.74, 6) is -2.32. The highest BCUT2D eigenvalue weighted by molar-refractivity contribution is 6.29. The maximum absolute atomic E-state index is 11.7. The molecule has 0 saturated carbocycles. The number of esters is 2. The molecule has 0 fully saturated rings. The fourth-order valence-corrected chi connectivity index (χ4v) is 2.72. The van der Waals surface area contributed by atoms with Crippen LogP contribution in [0.5, 0.6) is 0 Å². The molecular weight excluding hydrogens is 412 g/mol. The van der Waals surface area contributed by atoms with E-state index in [1.54, 1.807) is 25.3 Å². The zero-order valence-electron chi connectivity index (χ0n) is 18.4. The number of halogens is 1. The molecule has 0 aliphatic rings. The van der Waals surface area contributed by atoms with Crippen molar-refractivity contribution >= 4 is 29.3 Å². The standard InChI is InChI=1S/C22H33ClO7/c1-16(13-18(24)14-23)11-12-20(30-15-27-3)17(2)9-7-6-8-10-19(21(25)28-4)22(26)29-5/h6-9,13,17,19-20H,10-12,14-15H2,1-5H3/b8-6-,9-7+,16-13-/t17-,20-/m1/s1. The fourth-order valence-electron chi connectivity index (χ4n) is 2.64. The van der Waals surface area contributed by atoms with Crippen molar-refractivity contribution in [2.24, 2.45) is 11.8 Å². The number of ether oxygens (including phenoxy) is 4. The number of rotatable bonds is 15. The van der Waals surface area contributed by atoms with Gasteiger partial charge >= 0.3 is 11.9 Å². The lowest BCUT2D eigenvalue weighted by atomic mass is 9.97. The van der Waals surface area contributed by atoms with E-state index in [2.05, 4.69) is 9.47 Å². The van der Waals surface area contributed by atoms with Gasteiger partial charge in [0.25, 0.3) is 0 Å². The molecule has 0 rings (SSSR count). The molecule has 7 nitrogen and oxygen atoms in total. The van der Waals surface area contributed by atoms with Crippen molar-refractivity contribution in [2.45, 2.75) is 39.2 Å². The summed E-state index contributed by atoms with van der Waals surface area (Å²) in [5, 5.41) is 0. The molecule has 0 amide bonds. The lowest BCUT2D eigenvalue weighted by Crippen LogP contribution is -2.25. The number of ketones is 1. The van der Waals surface area contributed by atoms with Gasteiger partial charge in [0.1, 0.15) is 6.79 Å². The van der Waals surface area contributed by atoms with Crippen molar-refractivity contribution in [3.8, 4) is 0 Å². The van der Waals surface area contributed by atoms with E-state index in [1.165, 1.54) is 14.2 Å². The first-order valence-corrected chi connectivity index (χ1v) is 10.2. The monoisotopic (exact) mass is 444 g/mol. The van der Waals surface area contributed by atoms with E-state index in [0.717, 1.165) is 5.57 Å². The third-order valence-corrected chi connectivity index (χ3v) is 4.62. The fraction of sp³-hybridized carbons (Fsp3) is 0.591. The predicted molar refractivity (Wildman–Crippen MR) is 115 cm³/mol. The molecule has 0 N–H and O–H groups in total. The minimum Gasteiger partial charge on any atom is -0.468 e. The van der Waals surface area contributed by atoms with E-state index < -0.39 is 17.9 Å². The van der Waals surface area contributed by atoms with E-state index in [4.69, 9.17) is 21.1 Å². The van der Waals surface area contributed by atoms with Crippen molar-refractivity contribution in [3.05, 3.63) is 36.0 Å². The summed E-state index contributed by atoms with van der Waals surface area (Å²) in [5.41, 5.74) is 0.944. The molecule has 8 heteroatoms. The zero-order valence-corrected chi connectivity index (χ0v) is 19.1. The summed E-state index contributed by atoms with van der Waals surface area (Å²) in [4.78, 5) is 34.7. The highest BCUT2D eigenvalue weighted by atomic mass is 35.5. The normalized spacial score (nSPS) is 14.3. The number of carbonyl (C=O) groups is 3. The second-order valence-electron chi connectivity index (χ2n) is 6.75. The van der Waals surface area contributed by atoms with E-state index in [-0.39, 0.29) is 36.9 Å².